The average molecular weight is 319 g/mol. The van der Waals surface area contributed by atoms with Crippen LogP contribution < -0.4 is 10.5 Å². The van der Waals surface area contributed by atoms with E-state index in [2.05, 4.69) is 26.0 Å². The van der Waals surface area contributed by atoms with Crippen LogP contribution in [0.15, 0.2) is 48.5 Å². The molecule has 122 valence electrons. The van der Waals surface area contributed by atoms with Crippen molar-refractivity contribution in [3.63, 3.8) is 0 Å². The molecule has 0 bridgehead atoms. The molecule has 0 fully saturated rings. The van der Waals surface area contributed by atoms with Crippen LogP contribution in [0, 0.1) is 20.8 Å². The number of nitrogens with two attached hydrogens (primary N) is 1. The van der Waals surface area contributed by atoms with Crippen molar-refractivity contribution in [1.29, 1.82) is 0 Å². The number of ether oxygens (including phenoxy) is 1. The van der Waals surface area contributed by atoms with Gasteiger partial charge in [-0.3, -0.25) is 4.79 Å². The van der Waals surface area contributed by atoms with Gasteiger partial charge < -0.3 is 10.5 Å². The maximum absolute atomic E-state index is 11.3. The minimum Gasteiger partial charge on any atom is -0.456 e. The number of fused-ring (bicyclic) bond motifs is 1. The molecule has 0 aromatic heterocycles. The summed E-state index contributed by atoms with van der Waals surface area (Å²) in [7, 11) is 0. The Morgan fingerprint density at radius 2 is 1.75 bits per heavy atom. The summed E-state index contributed by atoms with van der Waals surface area (Å²) >= 11 is 0. The summed E-state index contributed by atoms with van der Waals surface area (Å²) in [5.74, 6) is 1.30. The Morgan fingerprint density at radius 3 is 2.50 bits per heavy atom. The Balaban J connectivity index is 2.12. The van der Waals surface area contributed by atoms with E-state index in [-0.39, 0.29) is 12.3 Å². The first-order chi connectivity index (χ1) is 11.5. The minimum atomic E-state index is -0.332. The molecule has 3 nitrogen and oxygen atoms in total. The van der Waals surface area contributed by atoms with E-state index in [1.165, 1.54) is 5.56 Å². The Bertz CT molecular complexity index is 929. The van der Waals surface area contributed by atoms with Gasteiger partial charge in [0, 0.05) is 5.39 Å². The number of aryl methyl sites for hydroxylation is 2. The topological polar surface area (TPSA) is 52.3 Å². The van der Waals surface area contributed by atoms with Crippen LogP contribution in [0.1, 0.15) is 22.3 Å². The molecule has 3 rings (SSSR count). The second kappa shape index (κ2) is 6.36. The maximum Gasteiger partial charge on any atom is 0.221 e. The van der Waals surface area contributed by atoms with Crippen molar-refractivity contribution < 1.29 is 9.53 Å². The number of benzene rings is 3. The van der Waals surface area contributed by atoms with E-state index in [9.17, 15) is 4.79 Å². The van der Waals surface area contributed by atoms with Gasteiger partial charge in [-0.1, -0.05) is 42.0 Å². The highest BCUT2D eigenvalue weighted by Gasteiger charge is 2.11. The second-order valence-corrected chi connectivity index (χ2v) is 6.22. The first-order valence-corrected chi connectivity index (χ1v) is 8.00. The Morgan fingerprint density at radius 1 is 0.958 bits per heavy atom. The van der Waals surface area contributed by atoms with Crippen molar-refractivity contribution in [3.05, 3.63) is 70.8 Å². The molecule has 0 spiro atoms. The Hall–Kier alpha value is -2.81. The minimum absolute atomic E-state index is 0.226. The molecule has 1 amide bonds. The van der Waals surface area contributed by atoms with Gasteiger partial charge in [0.05, 0.1) is 6.42 Å². The number of carbonyl (C=O) groups is 1. The van der Waals surface area contributed by atoms with Crippen molar-refractivity contribution in [2.24, 2.45) is 5.73 Å². The molecule has 0 aliphatic rings. The van der Waals surface area contributed by atoms with Gasteiger partial charge in [-0.25, -0.2) is 0 Å². The molecule has 0 unspecified atom stereocenters. The van der Waals surface area contributed by atoms with Crippen molar-refractivity contribution in [1.82, 2.24) is 0 Å². The number of carbonyl (C=O) groups excluding carboxylic acids is 1. The summed E-state index contributed by atoms with van der Waals surface area (Å²) in [6.45, 7) is 6.16. The number of hydrogen-bond acceptors (Lipinski definition) is 2. The third-order valence-electron chi connectivity index (χ3n) is 4.36. The molecule has 0 saturated carbocycles. The molecule has 0 aliphatic heterocycles. The molecule has 0 heterocycles. The third kappa shape index (κ3) is 3.11. The molecule has 0 aliphatic carbocycles. The van der Waals surface area contributed by atoms with Crippen LogP contribution in [-0.4, -0.2) is 5.91 Å². The van der Waals surface area contributed by atoms with Gasteiger partial charge in [-0.05, 0) is 55.0 Å². The molecule has 0 saturated heterocycles. The standard InChI is InChI=1S/C21H21NO2/c1-13-7-9-17-18(11-13)16(12-21(22)23)8-10-20(17)24-19-6-4-5-14(2)15(19)3/h4-11H,12H2,1-3H3,(H2,22,23). The highest BCUT2D eigenvalue weighted by Crippen LogP contribution is 2.34. The zero-order valence-corrected chi connectivity index (χ0v) is 14.2. The van der Waals surface area contributed by atoms with Crippen LogP contribution in [0.25, 0.3) is 10.8 Å². The molecule has 3 aromatic carbocycles. The van der Waals surface area contributed by atoms with Gasteiger partial charge in [0.2, 0.25) is 5.91 Å². The van der Waals surface area contributed by atoms with Crippen LogP contribution in [0.3, 0.4) is 0 Å². The molecule has 0 radical (unpaired) electrons. The summed E-state index contributed by atoms with van der Waals surface area (Å²) in [5.41, 5.74) is 9.76. The normalized spacial score (nSPS) is 10.8. The molecule has 24 heavy (non-hydrogen) atoms. The van der Waals surface area contributed by atoms with E-state index in [0.717, 1.165) is 39.0 Å². The van der Waals surface area contributed by atoms with Crippen molar-refractivity contribution in [2.75, 3.05) is 0 Å². The third-order valence-corrected chi connectivity index (χ3v) is 4.36. The Labute approximate surface area is 142 Å². The average Bonchev–Trinajstić information content (AvgIpc) is 2.53. The lowest BCUT2D eigenvalue weighted by molar-refractivity contribution is -0.117. The fourth-order valence-corrected chi connectivity index (χ4v) is 2.88. The first-order valence-electron chi connectivity index (χ1n) is 8.00. The molecular formula is C21H21NO2. The lowest BCUT2D eigenvalue weighted by atomic mass is 9.99. The van der Waals surface area contributed by atoms with Gasteiger partial charge in [-0.15, -0.1) is 0 Å². The van der Waals surface area contributed by atoms with Crippen molar-refractivity contribution >= 4 is 16.7 Å². The van der Waals surface area contributed by atoms with Crippen LogP contribution in [0.4, 0.5) is 0 Å². The van der Waals surface area contributed by atoms with E-state index >= 15 is 0 Å². The highest BCUT2D eigenvalue weighted by molar-refractivity contribution is 5.94. The summed E-state index contributed by atoms with van der Waals surface area (Å²) in [4.78, 5) is 11.3. The summed E-state index contributed by atoms with van der Waals surface area (Å²) < 4.78 is 6.19. The smallest absolute Gasteiger partial charge is 0.221 e. The maximum atomic E-state index is 11.3. The molecule has 2 N–H and O–H groups in total. The molecule has 3 heteroatoms. The molecule has 3 aromatic rings. The number of rotatable bonds is 4. The summed E-state index contributed by atoms with van der Waals surface area (Å²) in [6, 6.07) is 16.0. The van der Waals surface area contributed by atoms with E-state index in [4.69, 9.17) is 10.5 Å². The summed E-state index contributed by atoms with van der Waals surface area (Å²) in [6.07, 6.45) is 0.226. The lowest BCUT2D eigenvalue weighted by Crippen LogP contribution is -2.13. The van der Waals surface area contributed by atoms with E-state index < -0.39 is 0 Å². The summed E-state index contributed by atoms with van der Waals surface area (Å²) in [5, 5.41) is 2.00. The van der Waals surface area contributed by atoms with Crippen LogP contribution in [0.5, 0.6) is 11.5 Å². The van der Waals surface area contributed by atoms with Crippen molar-refractivity contribution in [3.8, 4) is 11.5 Å². The second-order valence-electron chi connectivity index (χ2n) is 6.22. The monoisotopic (exact) mass is 319 g/mol. The fourth-order valence-electron chi connectivity index (χ4n) is 2.88. The lowest BCUT2D eigenvalue weighted by Gasteiger charge is -2.14. The first kappa shape index (κ1) is 16.1. The zero-order chi connectivity index (χ0) is 17.3. The van der Waals surface area contributed by atoms with Crippen LogP contribution in [0.2, 0.25) is 0 Å². The molecular weight excluding hydrogens is 298 g/mol. The van der Waals surface area contributed by atoms with Crippen LogP contribution in [-0.2, 0) is 11.2 Å². The predicted octanol–water partition coefficient (Wildman–Crippen LogP) is 4.59. The number of amides is 1. The van der Waals surface area contributed by atoms with Gasteiger partial charge in [-0.2, -0.15) is 0 Å². The molecule has 0 atom stereocenters. The highest BCUT2D eigenvalue weighted by atomic mass is 16.5. The quantitative estimate of drug-likeness (QED) is 0.765. The van der Waals surface area contributed by atoms with E-state index in [0.29, 0.717) is 0 Å². The van der Waals surface area contributed by atoms with E-state index in [1.54, 1.807) is 0 Å². The van der Waals surface area contributed by atoms with Crippen molar-refractivity contribution in [2.45, 2.75) is 27.2 Å². The van der Waals surface area contributed by atoms with Gasteiger partial charge in [0.1, 0.15) is 11.5 Å². The van der Waals surface area contributed by atoms with Gasteiger partial charge in [0.15, 0.2) is 0 Å². The zero-order valence-electron chi connectivity index (χ0n) is 14.2. The fraction of sp³-hybridized carbons (Fsp3) is 0.190. The largest absolute Gasteiger partial charge is 0.456 e. The Kier molecular flexibility index (Phi) is 4.26. The van der Waals surface area contributed by atoms with Gasteiger partial charge in [0.25, 0.3) is 0 Å². The number of hydrogen-bond donors (Lipinski definition) is 1. The van der Waals surface area contributed by atoms with Crippen LogP contribution >= 0.6 is 0 Å². The van der Waals surface area contributed by atoms with E-state index in [1.807, 2.05) is 43.3 Å². The SMILES string of the molecule is Cc1ccc2c(Oc3cccc(C)c3C)ccc(CC(N)=O)c2c1. The van der Waals surface area contributed by atoms with Gasteiger partial charge >= 0.3 is 0 Å². The predicted molar refractivity (Wildman–Crippen MR) is 97.6 cm³/mol. The number of primary amides is 1.